The number of aromatic nitrogens is 2. The summed E-state index contributed by atoms with van der Waals surface area (Å²) in [4.78, 5) is 13.5. The summed E-state index contributed by atoms with van der Waals surface area (Å²) in [5.41, 5.74) is 0. The van der Waals surface area contributed by atoms with Gasteiger partial charge >= 0.3 is 0 Å². The van der Waals surface area contributed by atoms with Crippen LogP contribution in [0.15, 0.2) is 18.5 Å². The molecule has 1 saturated heterocycles. The average molecular weight is 207 g/mol. The second-order valence-corrected chi connectivity index (χ2v) is 3.98. The zero-order valence-corrected chi connectivity index (χ0v) is 9.09. The fraction of sp³-hybridized carbons (Fsp3) is 0.636. The maximum atomic E-state index is 11.6. The van der Waals surface area contributed by atoms with Crippen molar-refractivity contribution in [3.63, 3.8) is 0 Å². The quantitative estimate of drug-likeness (QED) is 0.736. The van der Waals surface area contributed by atoms with E-state index < -0.39 is 0 Å². The molecule has 82 valence electrons. The van der Waals surface area contributed by atoms with E-state index in [9.17, 15) is 4.79 Å². The molecule has 1 aromatic heterocycles. The van der Waals surface area contributed by atoms with Crippen LogP contribution >= 0.6 is 0 Å². The third-order valence-corrected chi connectivity index (χ3v) is 2.95. The van der Waals surface area contributed by atoms with Crippen molar-refractivity contribution in [2.75, 3.05) is 13.1 Å². The minimum absolute atomic E-state index is 0.256. The highest BCUT2D eigenvalue weighted by Gasteiger charge is 2.23. The number of nitrogens with zero attached hydrogens (tertiary/aromatic N) is 3. The topological polar surface area (TPSA) is 38.1 Å². The van der Waals surface area contributed by atoms with Crippen LogP contribution in [0.5, 0.6) is 0 Å². The van der Waals surface area contributed by atoms with Gasteiger partial charge < -0.3 is 4.90 Å². The highest BCUT2D eigenvalue weighted by molar-refractivity contribution is 5.75. The van der Waals surface area contributed by atoms with Gasteiger partial charge in [-0.2, -0.15) is 5.10 Å². The van der Waals surface area contributed by atoms with Gasteiger partial charge in [0.25, 0.3) is 0 Å². The summed E-state index contributed by atoms with van der Waals surface area (Å²) < 4.78 is 1.97. The van der Waals surface area contributed by atoms with E-state index in [4.69, 9.17) is 0 Å². The number of rotatable bonds is 2. The van der Waals surface area contributed by atoms with Gasteiger partial charge in [0, 0.05) is 31.9 Å². The van der Waals surface area contributed by atoms with Gasteiger partial charge in [-0.15, -0.1) is 0 Å². The number of piperidine rings is 1. The molecular formula is C11H17N3O. The first-order valence-corrected chi connectivity index (χ1v) is 5.58. The van der Waals surface area contributed by atoms with Gasteiger partial charge in [0.05, 0.1) is 6.04 Å². The van der Waals surface area contributed by atoms with E-state index in [1.165, 1.54) is 0 Å². The lowest BCUT2D eigenvalue weighted by atomic mass is 10.1. The van der Waals surface area contributed by atoms with E-state index in [0.29, 0.717) is 12.5 Å². The lowest BCUT2D eigenvalue weighted by Gasteiger charge is -2.32. The second kappa shape index (κ2) is 4.47. The molecule has 0 bridgehead atoms. The van der Waals surface area contributed by atoms with Crippen LogP contribution in [0.3, 0.4) is 0 Å². The highest BCUT2D eigenvalue weighted by Crippen LogP contribution is 2.20. The molecule has 0 aromatic carbocycles. The summed E-state index contributed by atoms with van der Waals surface area (Å²) in [5.74, 6) is 0.256. The number of carbonyl (C=O) groups excluding carboxylic acids is 1. The van der Waals surface area contributed by atoms with Crippen LogP contribution in [-0.4, -0.2) is 33.7 Å². The Morgan fingerprint density at radius 2 is 2.47 bits per heavy atom. The molecule has 15 heavy (non-hydrogen) atoms. The van der Waals surface area contributed by atoms with Crippen molar-refractivity contribution in [2.24, 2.45) is 0 Å². The lowest BCUT2D eigenvalue weighted by Crippen LogP contribution is -2.40. The molecule has 4 heteroatoms. The van der Waals surface area contributed by atoms with Crippen molar-refractivity contribution < 1.29 is 4.79 Å². The molecule has 2 rings (SSSR count). The molecule has 4 nitrogen and oxygen atoms in total. The zero-order chi connectivity index (χ0) is 10.7. The monoisotopic (exact) mass is 207 g/mol. The molecule has 1 aliphatic heterocycles. The Balaban J connectivity index is 2.01. The van der Waals surface area contributed by atoms with Crippen LogP contribution < -0.4 is 0 Å². The largest absolute Gasteiger partial charge is 0.341 e. The van der Waals surface area contributed by atoms with Crippen LogP contribution in [0.25, 0.3) is 0 Å². The van der Waals surface area contributed by atoms with Crippen LogP contribution in [0, 0.1) is 0 Å². The number of carbonyl (C=O) groups is 1. The van der Waals surface area contributed by atoms with E-state index >= 15 is 0 Å². The summed E-state index contributed by atoms with van der Waals surface area (Å²) in [5, 5.41) is 4.24. The van der Waals surface area contributed by atoms with Crippen molar-refractivity contribution in [3.05, 3.63) is 18.5 Å². The van der Waals surface area contributed by atoms with Gasteiger partial charge in [-0.1, -0.05) is 6.92 Å². The van der Waals surface area contributed by atoms with Crippen LogP contribution in [-0.2, 0) is 4.79 Å². The third kappa shape index (κ3) is 2.19. The number of amides is 1. The summed E-state index contributed by atoms with van der Waals surface area (Å²) in [7, 11) is 0. The van der Waals surface area contributed by atoms with Crippen LogP contribution in [0.1, 0.15) is 32.2 Å². The SMILES string of the molecule is CCC(=O)N1CCCC(n2cccn2)C1. The van der Waals surface area contributed by atoms with Gasteiger partial charge in [-0.05, 0) is 18.9 Å². The fourth-order valence-corrected chi connectivity index (χ4v) is 2.12. The molecular weight excluding hydrogens is 190 g/mol. The summed E-state index contributed by atoms with van der Waals surface area (Å²) in [6.45, 7) is 3.64. The predicted octanol–water partition coefficient (Wildman–Crippen LogP) is 1.46. The molecule has 1 atom stereocenters. The minimum Gasteiger partial charge on any atom is -0.341 e. The van der Waals surface area contributed by atoms with Crippen molar-refractivity contribution in [1.29, 1.82) is 0 Å². The standard InChI is InChI=1S/C11H17N3O/c1-2-11(15)13-7-3-5-10(9-13)14-8-4-6-12-14/h4,6,8,10H,2-3,5,7,9H2,1H3. The molecule has 1 aliphatic rings. The smallest absolute Gasteiger partial charge is 0.222 e. The molecule has 0 aliphatic carbocycles. The van der Waals surface area contributed by atoms with E-state index in [-0.39, 0.29) is 5.91 Å². The lowest BCUT2D eigenvalue weighted by molar-refractivity contribution is -0.132. The van der Waals surface area contributed by atoms with Crippen LogP contribution in [0.4, 0.5) is 0 Å². The van der Waals surface area contributed by atoms with Crippen molar-refractivity contribution >= 4 is 5.91 Å². The first kappa shape index (κ1) is 10.2. The molecule has 2 heterocycles. The zero-order valence-electron chi connectivity index (χ0n) is 9.09. The summed E-state index contributed by atoms with van der Waals surface area (Å²) in [6.07, 6.45) is 6.57. The third-order valence-electron chi connectivity index (χ3n) is 2.95. The number of hydrogen-bond acceptors (Lipinski definition) is 2. The van der Waals surface area contributed by atoms with Crippen molar-refractivity contribution in [2.45, 2.75) is 32.2 Å². The van der Waals surface area contributed by atoms with E-state index in [2.05, 4.69) is 5.10 Å². The normalized spacial score (nSPS) is 21.7. The number of hydrogen-bond donors (Lipinski definition) is 0. The molecule has 0 radical (unpaired) electrons. The predicted molar refractivity (Wildman–Crippen MR) is 57.4 cm³/mol. The minimum atomic E-state index is 0.256. The maximum Gasteiger partial charge on any atom is 0.222 e. The van der Waals surface area contributed by atoms with Gasteiger partial charge in [0.1, 0.15) is 0 Å². The van der Waals surface area contributed by atoms with Crippen molar-refractivity contribution in [1.82, 2.24) is 14.7 Å². The molecule has 1 aromatic rings. The molecule has 1 unspecified atom stereocenters. The van der Waals surface area contributed by atoms with Crippen LogP contribution in [0.2, 0.25) is 0 Å². The molecule has 1 fully saturated rings. The molecule has 0 spiro atoms. The Morgan fingerprint density at radius 3 is 3.13 bits per heavy atom. The first-order chi connectivity index (χ1) is 7.31. The molecule has 0 N–H and O–H groups in total. The Kier molecular flexibility index (Phi) is 3.04. The fourth-order valence-electron chi connectivity index (χ4n) is 2.12. The summed E-state index contributed by atoms with van der Waals surface area (Å²) >= 11 is 0. The van der Waals surface area contributed by atoms with Gasteiger partial charge in [0.15, 0.2) is 0 Å². The Hall–Kier alpha value is -1.32. The van der Waals surface area contributed by atoms with Gasteiger partial charge in [-0.25, -0.2) is 0 Å². The highest BCUT2D eigenvalue weighted by atomic mass is 16.2. The van der Waals surface area contributed by atoms with E-state index in [0.717, 1.165) is 25.9 Å². The van der Waals surface area contributed by atoms with Crippen molar-refractivity contribution in [3.8, 4) is 0 Å². The Bertz CT molecular complexity index is 321. The van der Waals surface area contributed by atoms with Gasteiger partial charge in [-0.3, -0.25) is 9.48 Å². The second-order valence-electron chi connectivity index (χ2n) is 3.98. The molecule has 0 saturated carbocycles. The van der Waals surface area contributed by atoms with Gasteiger partial charge in [0.2, 0.25) is 5.91 Å². The van der Waals surface area contributed by atoms with E-state index in [1.807, 2.05) is 28.8 Å². The Labute approximate surface area is 89.9 Å². The Morgan fingerprint density at radius 1 is 1.60 bits per heavy atom. The molecule has 1 amide bonds. The first-order valence-electron chi connectivity index (χ1n) is 5.58. The maximum absolute atomic E-state index is 11.6. The van der Waals surface area contributed by atoms with E-state index in [1.54, 1.807) is 6.20 Å². The number of likely N-dealkylation sites (tertiary alicyclic amines) is 1. The summed E-state index contributed by atoms with van der Waals surface area (Å²) in [6, 6.07) is 2.30. The average Bonchev–Trinajstić information content (AvgIpc) is 2.82.